The maximum Gasteiger partial charge on any atom is 0.330 e. The minimum atomic E-state index is -0.835. The Morgan fingerprint density at radius 3 is 2.50 bits per heavy atom. The van der Waals surface area contributed by atoms with Gasteiger partial charge in [0, 0.05) is 18.7 Å². The van der Waals surface area contributed by atoms with Gasteiger partial charge in [0.15, 0.2) is 0 Å². The van der Waals surface area contributed by atoms with E-state index in [1.54, 1.807) is 13.0 Å². The van der Waals surface area contributed by atoms with Crippen molar-refractivity contribution >= 4 is 5.97 Å². The standard InChI is InChI=1S/C15H25NO2/c1-4-5-6-7-8-9-12-16(3)13-10-11-14(2)15(17)18/h6-9,11H,4-5,10,12-13H2,1-3H3,(H,17,18). The zero-order chi connectivity index (χ0) is 13.8. The minimum absolute atomic E-state index is 0.418. The number of nitrogens with zero attached hydrogens (tertiary/aromatic N) is 1. The van der Waals surface area contributed by atoms with Crippen molar-refractivity contribution in [3.8, 4) is 0 Å². The summed E-state index contributed by atoms with van der Waals surface area (Å²) in [4.78, 5) is 12.7. The van der Waals surface area contributed by atoms with Gasteiger partial charge in [0.25, 0.3) is 0 Å². The summed E-state index contributed by atoms with van der Waals surface area (Å²) in [5.41, 5.74) is 0.418. The van der Waals surface area contributed by atoms with E-state index >= 15 is 0 Å². The van der Waals surface area contributed by atoms with Crippen LogP contribution in [0.25, 0.3) is 0 Å². The number of unbranched alkanes of at least 4 members (excludes halogenated alkanes) is 1. The second kappa shape index (κ2) is 10.8. The molecule has 0 aliphatic heterocycles. The number of hydrogen-bond acceptors (Lipinski definition) is 2. The zero-order valence-corrected chi connectivity index (χ0v) is 11.7. The second-order valence-electron chi connectivity index (χ2n) is 4.39. The van der Waals surface area contributed by atoms with Gasteiger partial charge in [0.1, 0.15) is 0 Å². The smallest absolute Gasteiger partial charge is 0.330 e. The number of rotatable bonds is 9. The third-order valence-corrected chi connectivity index (χ3v) is 2.55. The summed E-state index contributed by atoms with van der Waals surface area (Å²) in [6, 6.07) is 0. The highest BCUT2D eigenvalue weighted by atomic mass is 16.4. The highest BCUT2D eigenvalue weighted by Gasteiger charge is 1.99. The van der Waals surface area contributed by atoms with Crippen LogP contribution in [-0.4, -0.2) is 36.1 Å². The number of hydrogen-bond donors (Lipinski definition) is 1. The summed E-state index contributed by atoms with van der Waals surface area (Å²) in [7, 11) is 2.03. The van der Waals surface area contributed by atoms with E-state index in [0.29, 0.717) is 5.57 Å². The van der Waals surface area contributed by atoms with Gasteiger partial charge in [-0.3, -0.25) is 0 Å². The van der Waals surface area contributed by atoms with E-state index < -0.39 is 5.97 Å². The molecule has 102 valence electrons. The average Bonchev–Trinajstić information content (AvgIpc) is 2.33. The van der Waals surface area contributed by atoms with Gasteiger partial charge in [0.05, 0.1) is 0 Å². The molecule has 0 heterocycles. The SMILES string of the molecule is CCCC=CC=CCN(C)CCC=C(C)C(=O)O. The Kier molecular flexibility index (Phi) is 9.97. The predicted molar refractivity (Wildman–Crippen MR) is 76.7 cm³/mol. The maximum absolute atomic E-state index is 10.6. The highest BCUT2D eigenvalue weighted by molar-refractivity contribution is 5.85. The largest absolute Gasteiger partial charge is 0.478 e. The van der Waals surface area contributed by atoms with Crippen molar-refractivity contribution < 1.29 is 9.90 Å². The van der Waals surface area contributed by atoms with Gasteiger partial charge in [-0.15, -0.1) is 0 Å². The first kappa shape index (κ1) is 16.6. The fourth-order valence-electron chi connectivity index (χ4n) is 1.34. The lowest BCUT2D eigenvalue weighted by Crippen LogP contribution is -2.19. The molecule has 0 aromatic heterocycles. The molecule has 0 saturated heterocycles. The molecule has 0 radical (unpaired) electrons. The topological polar surface area (TPSA) is 40.5 Å². The third-order valence-electron chi connectivity index (χ3n) is 2.55. The molecule has 3 nitrogen and oxygen atoms in total. The molecule has 1 N–H and O–H groups in total. The van der Waals surface area contributed by atoms with E-state index in [0.717, 1.165) is 25.9 Å². The van der Waals surface area contributed by atoms with Crippen molar-refractivity contribution in [2.24, 2.45) is 0 Å². The van der Waals surface area contributed by atoms with Gasteiger partial charge in [0.2, 0.25) is 0 Å². The summed E-state index contributed by atoms with van der Waals surface area (Å²) in [6.07, 6.45) is 13.3. The summed E-state index contributed by atoms with van der Waals surface area (Å²) >= 11 is 0. The number of aliphatic carboxylic acids is 1. The normalized spacial score (nSPS) is 13.0. The number of likely N-dealkylation sites (N-methyl/N-ethyl adjacent to an activating group) is 1. The van der Waals surface area contributed by atoms with Gasteiger partial charge >= 0.3 is 5.97 Å². The van der Waals surface area contributed by atoms with E-state index in [9.17, 15) is 4.79 Å². The van der Waals surface area contributed by atoms with Crippen LogP contribution in [0.3, 0.4) is 0 Å². The molecule has 0 aliphatic rings. The van der Waals surface area contributed by atoms with E-state index in [2.05, 4.69) is 36.1 Å². The van der Waals surface area contributed by atoms with Crippen molar-refractivity contribution in [3.05, 3.63) is 36.0 Å². The quantitative estimate of drug-likeness (QED) is 0.505. The molecule has 0 aromatic rings. The summed E-state index contributed by atoms with van der Waals surface area (Å²) < 4.78 is 0. The lowest BCUT2D eigenvalue weighted by atomic mass is 10.2. The first-order chi connectivity index (χ1) is 8.57. The van der Waals surface area contributed by atoms with Gasteiger partial charge < -0.3 is 10.0 Å². The average molecular weight is 251 g/mol. The Balaban J connectivity index is 3.75. The lowest BCUT2D eigenvalue weighted by molar-refractivity contribution is -0.132. The van der Waals surface area contributed by atoms with Crippen LogP contribution in [0.1, 0.15) is 33.1 Å². The van der Waals surface area contributed by atoms with Crippen LogP contribution in [-0.2, 0) is 4.79 Å². The number of carboxylic acids is 1. The Labute approximate surface area is 110 Å². The highest BCUT2D eigenvalue weighted by Crippen LogP contribution is 1.97. The number of allylic oxidation sites excluding steroid dienone is 3. The molecule has 0 aliphatic carbocycles. The summed E-state index contributed by atoms with van der Waals surface area (Å²) in [5.74, 6) is -0.835. The molecular formula is C15H25NO2. The summed E-state index contributed by atoms with van der Waals surface area (Å²) in [5, 5.41) is 8.69. The summed E-state index contributed by atoms with van der Waals surface area (Å²) in [6.45, 7) is 5.54. The first-order valence-corrected chi connectivity index (χ1v) is 6.48. The van der Waals surface area contributed by atoms with Crippen LogP contribution >= 0.6 is 0 Å². The molecule has 0 rings (SSSR count). The fourth-order valence-corrected chi connectivity index (χ4v) is 1.34. The Morgan fingerprint density at radius 2 is 1.89 bits per heavy atom. The van der Waals surface area contributed by atoms with Gasteiger partial charge in [-0.25, -0.2) is 4.79 Å². The van der Waals surface area contributed by atoms with E-state index in [-0.39, 0.29) is 0 Å². The van der Waals surface area contributed by atoms with Crippen LogP contribution in [0.4, 0.5) is 0 Å². The van der Waals surface area contributed by atoms with Gasteiger partial charge in [-0.05, 0) is 26.8 Å². The van der Waals surface area contributed by atoms with Crippen molar-refractivity contribution in [1.29, 1.82) is 0 Å². The van der Waals surface area contributed by atoms with Crippen molar-refractivity contribution in [1.82, 2.24) is 4.90 Å². The fraction of sp³-hybridized carbons (Fsp3) is 0.533. The van der Waals surface area contributed by atoms with Crippen LogP contribution in [0.2, 0.25) is 0 Å². The third kappa shape index (κ3) is 9.85. The molecule has 0 saturated carbocycles. The molecule has 0 bridgehead atoms. The van der Waals surface area contributed by atoms with E-state index in [1.807, 2.05) is 7.05 Å². The monoisotopic (exact) mass is 251 g/mol. The molecule has 0 spiro atoms. The maximum atomic E-state index is 10.6. The molecule has 0 atom stereocenters. The van der Waals surface area contributed by atoms with E-state index in [4.69, 9.17) is 5.11 Å². The first-order valence-electron chi connectivity index (χ1n) is 6.48. The zero-order valence-electron chi connectivity index (χ0n) is 11.7. The molecular weight excluding hydrogens is 226 g/mol. The number of carboxylic acid groups (broad SMARTS) is 1. The molecule has 0 amide bonds. The van der Waals surface area contributed by atoms with Gasteiger partial charge in [-0.1, -0.05) is 43.7 Å². The Hall–Kier alpha value is -1.35. The van der Waals surface area contributed by atoms with Crippen molar-refractivity contribution in [2.45, 2.75) is 33.1 Å². The van der Waals surface area contributed by atoms with Crippen LogP contribution in [0.15, 0.2) is 36.0 Å². The van der Waals surface area contributed by atoms with Crippen molar-refractivity contribution in [2.75, 3.05) is 20.1 Å². The Morgan fingerprint density at radius 1 is 1.22 bits per heavy atom. The van der Waals surface area contributed by atoms with Crippen LogP contribution < -0.4 is 0 Å². The van der Waals surface area contributed by atoms with Gasteiger partial charge in [-0.2, -0.15) is 0 Å². The molecule has 18 heavy (non-hydrogen) atoms. The molecule has 0 unspecified atom stereocenters. The van der Waals surface area contributed by atoms with Crippen LogP contribution in [0.5, 0.6) is 0 Å². The molecule has 3 heteroatoms. The molecule has 0 fully saturated rings. The lowest BCUT2D eigenvalue weighted by Gasteiger charge is -2.12. The van der Waals surface area contributed by atoms with Crippen molar-refractivity contribution in [3.63, 3.8) is 0 Å². The number of carbonyl (C=O) groups is 1. The van der Waals surface area contributed by atoms with Crippen LogP contribution in [0, 0.1) is 0 Å². The Bertz CT molecular complexity index is 316. The molecule has 0 aromatic carbocycles. The minimum Gasteiger partial charge on any atom is -0.478 e. The predicted octanol–water partition coefficient (Wildman–Crippen LogP) is 3.25. The second-order valence-corrected chi connectivity index (χ2v) is 4.39. The van der Waals surface area contributed by atoms with E-state index in [1.165, 1.54) is 6.42 Å².